The molecule has 0 bridgehead atoms. The summed E-state index contributed by atoms with van der Waals surface area (Å²) in [4.78, 5) is 52.3. The van der Waals surface area contributed by atoms with Gasteiger partial charge in [-0.2, -0.15) is 0 Å². The average molecular weight is 380 g/mol. The summed E-state index contributed by atoms with van der Waals surface area (Å²) in [7, 11) is 1.58. The van der Waals surface area contributed by atoms with Crippen LogP contribution in [0.3, 0.4) is 0 Å². The fraction of sp³-hybridized carbons (Fsp3) is 0.238. The first-order chi connectivity index (χ1) is 13.3. The van der Waals surface area contributed by atoms with Crippen LogP contribution in [0.2, 0.25) is 0 Å². The number of hydrogen-bond acceptors (Lipinski definition) is 5. The average Bonchev–Trinajstić information content (AvgIpc) is 2.97. The Morgan fingerprint density at radius 2 is 1.39 bits per heavy atom. The largest absolute Gasteiger partial charge is 0.451 e. The van der Waals surface area contributed by atoms with Gasteiger partial charge in [-0.3, -0.25) is 19.3 Å². The van der Waals surface area contributed by atoms with Crippen LogP contribution in [0, 0.1) is 0 Å². The Hall–Kier alpha value is -3.48. The summed E-state index contributed by atoms with van der Waals surface area (Å²) in [6.07, 6.45) is -1.07. The molecule has 0 radical (unpaired) electrons. The van der Waals surface area contributed by atoms with E-state index in [1.807, 2.05) is 6.07 Å². The Balaban J connectivity index is 1.68. The second-order valence-electron chi connectivity index (χ2n) is 6.51. The summed E-state index contributed by atoms with van der Waals surface area (Å²) in [6.45, 7) is 2.86. The molecule has 1 aliphatic heterocycles. The van der Waals surface area contributed by atoms with Crippen LogP contribution in [0.5, 0.6) is 0 Å². The second kappa shape index (κ2) is 7.64. The lowest BCUT2D eigenvalue weighted by atomic mass is 10.1. The lowest BCUT2D eigenvalue weighted by Gasteiger charge is -2.25. The number of likely N-dealkylation sites (N-methyl/N-ethyl adjacent to an activating group) is 1. The number of carbonyl (C=O) groups is 4. The van der Waals surface area contributed by atoms with E-state index in [1.165, 1.54) is 30.9 Å². The number of amides is 3. The summed E-state index contributed by atoms with van der Waals surface area (Å²) in [6, 6.07) is 14.2. The van der Waals surface area contributed by atoms with Crippen LogP contribution in [-0.2, 0) is 14.3 Å². The van der Waals surface area contributed by atoms with Gasteiger partial charge >= 0.3 is 5.97 Å². The van der Waals surface area contributed by atoms with Gasteiger partial charge in [0.05, 0.1) is 11.1 Å². The number of para-hydroxylation sites is 1. The van der Waals surface area contributed by atoms with E-state index < -0.39 is 35.8 Å². The number of ether oxygens (including phenoxy) is 1. The van der Waals surface area contributed by atoms with Crippen molar-refractivity contribution in [1.82, 2.24) is 4.90 Å². The van der Waals surface area contributed by atoms with E-state index in [4.69, 9.17) is 4.74 Å². The van der Waals surface area contributed by atoms with E-state index in [2.05, 4.69) is 0 Å². The maximum Gasteiger partial charge on any atom is 0.329 e. The molecule has 2 atom stereocenters. The molecule has 3 amide bonds. The number of nitrogens with zero attached hydrogens (tertiary/aromatic N) is 2. The minimum Gasteiger partial charge on any atom is -0.451 e. The van der Waals surface area contributed by atoms with Gasteiger partial charge < -0.3 is 9.64 Å². The molecule has 2 aromatic carbocycles. The predicted molar refractivity (Wildman–Crippen MR) is 102 cm³/mol. The number of fused-ring (bicyclic) bond motifs is 1. The Morgan fingerprint density at radius 3 is 1.93 bits per heavy atom. The SMILES string of the molecule is C[C@H](C(=O)O[C@H](C)C(=O)N(C)c1ccccc1)N1C(=O)c2ccccc2C1=O. The zero-order chi connectivity index (χ0) is 20.4. The van der Waals surface area contributed by atoms with Gasteiger partial charge in [0.25, 0.3) is 17.7 Å². The number of benzene rings is 2. The normalized spacial score (nSPS) is 15.0. The van der Waals surface area contributed by atoms with Crippen molar-refractivity contribution in [2.45, 2.75) is 26.0 Å². The Kier molecular flexibility index (Phi) is 5.26. The first-order valence-corrected chi connectivity index (χ1v) is 8.83. The van der Waals surface area contributed by atoms with Crippen molar-refractivity contribution in [3.63, 3.8) is 0 Å². The number of imide groups is 1. The van der Waals surface area contributed by atoms with Crippen molar-refractivity contribution in [2.75, 3.05) is 11.9 Å². The molecule has 144 valence electrons. The highest BCUT2D eigenvalue weighted by molar-refractivity contribution is 6.22. The van der Waals surface area contributed by atoms with Crippen molar-refractivity contribution >= 4 is 29.4 Å². The van der Waals surface area contributed by atoms with E-state index in [1.54, 1.807) is 43.4 Å². The minimum atomic E-state index is -1.15. The summed E-state index contributed by atoms with van der Waals surface area (Å²) < 4.78 is 5.25. The molecular weight excluding hydrogens is 360 g/mol. The molecule has 28 heavy (non-hydrogen) atoms. The third-order valence-corrected chi connectivity index (χ3v) is 4.67. The van der Waals surface area contributed by atoms with Crippen molar-refractivity contribution in [1.29, 1.82) is 0 Å². The van der Waals surface area contributed by atoms with Gasteiger partial charge in [-0.25, -0.2) is 4.79 Å². The second-order valence-corrected chi connectivity index (χ2v) is 6.51. The number of esters is 1. The van der Waals surface area contributed by atoms with Crippen LogP contribution in [0.1, 0.15) is 34.6 Å². The molecule has 1 aliphatic rings. The molecule has 7 nitrogen and oxygen atoms in total. The van der Waals surface area contributed by atoms with Crippen LogP contribution < -0.4 is 4.90 Å². The lowest BCUT2D eigenvalue weighted by Crippen LogP contribution is -2.46. The van der Waals surface area contributed by atoms with Crippen molar-refractivity contribution in [3.05, 3.63) is 65.7 Å². The van der Waals surface area contributed by atoms with Gasteiger partial charge in [0, 0.05) is 12.7 Å². The van der Waals surface area contributed by atoms with Gasteiger partial charge in [0.2, 0.25) is 0 Å². The van der Waals surface area contributed by atoms with Gasteiger partial charge in [0.1, 0.15) is 6.04 Å². The van der Waals surface area contributed by atoms with E-state index in [-0.39, 0.29) is 11.1 Å². The van der Waals surface area contributed by atoms with Crippen LogP contribution in [0.15, 0.2) is 54.6 Å². The standard InChI is InChI=1S/C21H20N2O5/c1-13(23-19(25)16-11-7-8-12-17(16)20(23)26)21(27)28-14(2)18(24)22(3)15-9-5-4-6-10-15/h4-14H,1-3H3/t13-,14-/m1/s1. The molecular formula is C21H20N2O5. The molecule has 0 aliphatic carbocycles. The number of carbonyl (C=O) groups excluding carboxylic acids is 4. The maximum absolute atomic E-state index is 12.5. The Bertz CT molecular complexity index is 906. The molecule has 0 aromatic heterocycles. The van der Waals surface area contributed by atoms with Gasteiger partial charge in [-0.15, -0.1) is 0 Å². The van der Waals surface area contributed by atoms with Gasteiger partial charge in [-0.1, -0.05) is 30.3 Å². The Morgan fingerprint density at radius 1 is 0.893 bits per heavy atom. The smallest absolute Gasteiger partial charge is 0.329 e. The number of rotatable bonds is 5. The highest BCUT2D eigenvalue weighted by Crippen LogP contribution is 2.25. The Labute approximate surface area is 162 Å². The maximum atomic E-state index is 12.5. The molecule has 7 heteroatoms. The molecule has 3 rings (SSSR count). The molecule has 0 saturated carbocycles. The first-order valence-electron chi connectivity index (χ1n) is 8.83. The number of anilines is 1. The van der Waals surface area contributed by atoms with Gasteiger partial charge in [-0.05, 0) is 38.1 Å². The quantitative estimate of drug-likeness (QED) is 0.587. The minimum absolute atomic E-state index is 0.250. The topological polar surface area (TPSA) is 84.0 Å². The third kappa shape index (κ3) is 3.38. The van der Waals surface area contributed by atoms with Crippen LogP contribution in [0.4, 0.5) is 5.69 Å². The highest BCUT2D eigenvalue weighted by Gasteiger charge is 2.41. The van der Waals surface area contributed by atoms with Gasteiger partial charge in [0.15, 0.2) is 6.10 Å². The summed E-state index contributed by atoms with van der Waals surface area (Å²) in [5.41, 5.74) is 1.16. The zero-order valence-electron chi connectivity index (χ0n) is 15.8. The van der Waals surface area contributed by atoms with Crippen LogP contribution in [-0.4, -0.2) is 47.8 Å². The molecule has 1 heterocycles. The van der Waals surface area contributed by atoms with E-state index in [0.717, 1.165) is 4.90 Å². The van der Waals surface area contributed by atoms with Crippen LogP contribution >= 0.6 is 0 Å². The van der Waals surface area contributed by atoms with E-state index >= 15 is 0 Å². The molecule has 0 saturated heterocycles. The molecule has 0 unspecified atom stereocenters. The van der Waals surface area contributed by atoms with E-state index in [9.17, 15) is 19.2 Å². The molecule has 2 aromatic rings. The highest BCUT2D eigenvalue weighted by atomic mass is 16.5. The zero-order valence-corrected chi connectivity index (χ0v) is 15.8. The fourth-order valence-electron chi connectivity index (χ4n) is 3.04. The first kappa shape index (κ1) is 19.3. The number of hydrogen-bond donors (Lipinski definition) is 0. The summed E-state index contributed by atoms with van der Waals surface area (Å²) in [5.74, 6) is -2.35. The summed E-state index contributed by atoms with van der Waals surface area (Å²) >= 11 is 0. The predicted octanol–water partition coefficient (Wildman–Crippen LogP) is 2.27. The van der Waals surface area contributed by atoms with Crippen molar-refractivity contribution < 1.29 is 23.9 Å². The summed E-state index contributed by atoms with van der Waals surface area (Å²) in [5, 5.41) is 0. The molecule has 0 fully saturated rings. The lowest BCUT2D eigenvalue weighted by molar-refractivity contribution is -0.157. The third-order valence-electron chi connectivity index (χ3n) is 4.67. The monoisotopic (exact) mass is 380 g/mol. The van der Waals surface area contributed by atoms with Crippen molar-refractivity contribution in [2.24, 2.45) is 0 Å². The molecule has 0 spiro atoms. The molecule has 0 N–H and O–H groups in total. The van der Waals surface area contributed by atoms with Crippen molar-refractivity contribution in [3.8, 4) is 0 Å². The van der Waals surface area contributed by atoms with Crippen LogP contribution in [0.25, 0.3) is 0 Å². The van der Waals surface area contributed by atoms with E-state index in [0.29, 0.717) is 5.69 Å². The fourth-order valence-corrected chi connectivity index (χ4v) is 3.04.